The first-order chi connectivity index (χ1) is 10.5. The van der Waals surface area contributed by atoms with Crippen LogP contribution in [0.5, 0.6) is 0 Å². The summed E-state index contributed by atoms with van der Waals surface area (Å²) in [6.07, 6.45) is 1.23. The van der Waals surface area contributed by atoms with Gasteiger partial charge in [-0.2, -0.15) is 0 Å². The van der Waals surface area contributed by atoms with E-state index in [0.29, 0.717) is 34.8 Å². The summed E-state index contributed by atoms with van der Waals surface area (Å²) in [5.74, 6) is 0.932. The molecule has 0 spiro atoms. The number of carbonyl (C=O) groups excluding carboxylic acids is 1. The molecule has 1 aromatic rings. The number of nitrogens with one attached hydrogen (secondary N) is 1. The number of likely N-dealkylation sites (tertiary alicyclic amines) is 1. The Kier molecular flexibility index (Phi) is 5.77. The molecule has 1 aromatic carbocycles. The average Bonchev–Trinajstić information content (AvgIpc) is 2.47. The second kappa shape index (κ2) is 7.58. The quantitative estimate of drug-likeness (QED) is 0.681. The standard InChI is InChI=1S/C17H24N2O2S/c1-4-21-16(20)14-7-5-6-8-15(14)18-17(22)19-10-12(2)9-13(3)11-19/h5-8,12-13H,4,9-11H2,1-3H3,(H,18,22)/t12-,13+. The highest BCUT2D eigenvalue weighted by molar-refractivity contribution is 7.80. The number of hydrogen-bond donors (Lipinski definition) is 1. The van der Waals surface area contributed by atoms with Gasteiger partial charge in [0.15, 0.2) is 5.11 Å². The van der Waals surface area contributed by atoms with Crippen molar-refractivity contribution in [2.45, 2.75) is 27.2 Å². The normalized spacial score (nSPS) is 21.3. The Morgan fingerprint density at radius 3 is 2.59 bits per heavy atom. The molecule has 2 atom stereocenters. The fourth-order valence-electron chi connectivity index (χ4n) is 3.00. The first kappa shape index (κ1) is 16.7. The molecule has 4 nitrogen and oxygen atoms in total. The van der Waals surface area contributed by atoms with Gasteiger partial charge in [0, 0.05) is 13.1 Å². The van der Waals surface area contributed by atoms with E-state index in [0.717, 1.165) is 13.1 Å². The number of piperidine rings is 1. The molecule has 0 aromatic heterocycles. The van der Waals surface area contributed by atoms with Gasteiger partial charge in [0.1, 0.15) is 0 Å². The summed E-state index contributed by atoms with van der Waals surface area (Å²) in [6, 6.07) is 7.32. The van der Waals surface area contributed by atoms with Crippen molar-refractivity contribution in [3.63, 3.8) is 0 Å². The van der Waals surface area contributed by atoms with Gasteiger partial charge in [-0.25, -0.2) is 4.79 Å². The van der Waals surface area contributed by atoms with Gasteiger partial charge in [-0.3, -0.25) is 0 Å². The maximum atomic E-state index is 12.0. The summed E-state index contributed by atoms with van der Waals surface area (Å²) in [5.41, 5.74) is 1.22. The molecule has 0 aliphatic carbocycles. The van der Waals surface area contributed by atoms with Crippen LogP contribution in [0.3, 0.4) is 0 Å². The average molecular weight is 320 g/mol. The maximum Gasteiger partial charge on any atom is 0.340 e. The minimum atomic E-state index is -0.325. The number of anilines is 1. The van der Waals surface area contributed by atoms with Crippen molar-refractivity contribution >= 4 is 29.0 Å². The second-order valence-corrected chi connectivity index (χ2v) is 6.43. The number of para-hydroxylation sites is 1. The molecule has 1 heterocycles. The largest absolute Gasteiger partial charge is 0.462 e. The zero-order chi connectivity index (χ0) is 16.1. The summed E-state index contributed by atoms with van der Waals surface area (Å²) < 4.78 is 5.09. The van der Waals surface area contributed by atoms with Crippen LogP contribution < -0.4 is 5.32 Å². The van der Waals surface area contributed by atoms with Crippen LogP contribution in [-0.4, -0.2) is 35.7 Å². The molecule has 0 amide bonds. The molecule has 22 heavy (non-hydrogen) atoms. The number of benzene rings is 1. The van der Waals surface area contributed by atoms with Crippen molar-refractivity contribution in [2.24, 2.45) is 11.8 Å². The number of carbonyl (C=O) groups is 1. The molecule has 1 saturated heterocycles. The van der Waals surface area contributed by atoms with Crippen molar-refractivity contribution in [2.75, 3.05) is 25.0 Å². The SMILES string of the molecule is CCOC(=O)c1ccccc1NC(=S)N1C[C@H](C)C[C@H](C)C1. The van der Waals surface area contributed by atoms with Gasteiger partial charge >= 0.3 is 5.97 Å². The van der Waals surface area contributed by atoms with Gasteiger partial charge in [0.25, 0.3) is 0 Å². The highest BCUT2D eigenvalue weighted by atomic mass is 32.1. The minimum Gasteiger partial charge on any atom is -0.462 e. The lowest BCUT2D eigenvalue weighted by Gasteiger charge is -2.36. The molecule has 0 bridgehead atoms. The van der Waals surface area contributed by atoms with E-state index < -0.39 is 0 Å². The predicted molar refractivity (Wildman–Crippen MR) is 93.1 cm³/mol. The molecule has 0 unspecified atom stereocenters. The van der Waals surface area contributed by atoms with Crippen molar-refractivity contribution in [1.82, 2.24) is 4.90 Å². The van der Waals surface area contributed by atoms with Crippen molar-refractivity contribution in [1.29, 1.82) is 0 Å². The van der Waals surface area contributed by atoms with E-state index in [4.69, 9.17) is 17.0 Å². The summed E-state index contributed by atoms with van der Waals surface area (Å²) in [6.45, 7) is 8.57. The highest BCUT2D eigenvalue weighted by Gasteiger charge is 2.24. The first-order valence-corrected chi connectivity index (χ1v) is 8.24. The van der Waals surface area contributed by atoms with E-state index in [1.165, 1.54) is 6.42 Å². The van der Waals surface area contributed by atoms with Crippen molar-refractivity contribution in [3.05, 3.63) is 29.8 Å². The molecule has 1 aliphatic rings. The number of rotatable bonds is 3. The Hall–Kier alpha value is -1.62. The third-order valence-electron chi connectivity index (χ3n) is 3.82. The molecular weight excluding hydrogens is 296 g/mol. The fourth-order valence-corrected chi connectivity index (χ4v) is 3.26. The molecule has 120 valence electrons. The first-order valence-electron chi connectivity index (χ1n) is 7.83. The van der Waals surface area contributed by atoms with Gasteiger partial charge in [-0.1, -0.05) is 26.0 Å². The van der Waals surface area contributed by atoms with Gasteiger partial charge in [-0.15, -0.1) is 0 Å². The maximum absolute atomic E-state index is 12.0. The fraction of sp³-hybridized carbons (Fsp3) is 0.529. The molecule has 5 heteroatoms. The van der Waals surface area contributed by atoms with E-state index in [9.17, 15) is 4.79 Å². The molecule has 1 aliphatic heterocycles. The number of thiocarbonyl (C=S) groups is 1. The molecular formula is C17H24N2O2S. The summed E-state index contributed by atoms with van der Waals surface area (Å²) in [4.78, 5) is 14.2. The third kappa shape index (κ3) is 4.19. The summed E-state index contributed by atoms with van der Waals surface area (Å²) in [5, 5.41) is 3.89. The van der Waals surface area contributed by atoms with Crippen molar-refractivity contribution in [3.8, 4) is 0 Å². The van der Waals surface area contributed by atoms with E-state index in [2.05, 4.69) is 24.1 Å². The zero-order valence-electron chi connectivity index (χ0n) is 13.5. The number of ether oxygens (including phenoxy) is 1. The van der Waals surface area contributed by atoms with E-state index >= 15 is 0 Å². The van der Waals surface area contributed by atoms with E-state index in [1.807, 2.05) is 18.2 Å². The Labute approximate surface area is 137 Å². The monoisotopic (exact) mass is 320 g/mol. The lowest BCUT2D eigenvalue weighted by molar-refractivity contribution is 0.0527. The Morgan fingerprint density at radius 2 is 1.95 bits per heavy atom. The molecule has 2 rings (SSSR count). The zero-order valence-corrected chi connectivity index (χ0v) is 14.3. The van der Waals surface area contributed by atoms with Gasteiger partial charge in [0.2, 0.25) is 0 Å². The van der Waals surface area contributed by atoms with E-state index in [-0.39, 0.29) is 5.97 Å². The molecule has 0 saturated carbocycles. The van der Waals surface area contributed by atoms with Crippen molar-refractivity contribution < 1.29 is 9.53 Å². The third-order valence-corrected chi connectivity index (χ3v) is 4.18. The molecule has 1 fully saturated rings. The second-order valence-electron chi connectivity index (χ2n) is 6.05. The van der Waals surface area contributed by atoms with Crippen LogP contribution in [-0.2, 0) is 4.74 Å². The van der Waals surface area contributed by atoms with Gasteiger partial charge < -0.3 is 15.0 Å². The highest BCUT2D eigenvalue weighted by Crippen LogP contribution is 2.23. The van der Waals surface area contributed by atoms with E-state index in [1.54, 1.807) is 13.0 Å². The Balaban J connectivity index is 2.10. The topological polar surface area (TPSA) is 41.6 Å². The van der Waals surface area contributed by atoms with Crippen LogP contribution in [0.15, 0.2) is 24.3 Å². The summed E-state index contributed by atoms with van der Waals surface area (Å²) >= 11 is 5.54. The van der Waals surface area contributed by atoms with Crippen LogP contribution in [0, 0.1) is 11.8 Å². The van der Waals surface area contributed by atoms with Crippen LogP contribution >= 0.6 is 12.2 Å². The van der Waals surface area contributed by atoms with Crippen LogP contribution in [0.1, 0.15) is 37.6 Å². The van der Waals surface area contributed by atoms with Gasteiger partial charge in [-0.05, 0) is 49.5 Å². The summed E-state index contributed by atoms with van der Waals surface area (Å²) in [7, 11) is 0. The number of esters is 1. The Morgan fingerprint density at radius 1 is 1.32 bits per heavy atom. The minimum absolute atomic E-state index is 0.325. The molecule has 1 N–H and O–H groups in total. The number of nitrogens with zero attached hydrogens (tertiary/aromatic N) is 1. The van der Waals surface area contributed by atoms with Crippen LogP contribution in [0.25, 0.3) is 0 Å². The lowest BCUT2D eigenvalue weighted by atomic mass is 9.92. The van der Waals surface area contributed by atoms with Crippen LogP contribution in [0.2, 0.25) is 0 Å². The number of hydrogen-bond acceptors (Lipinski definition) is 3. The lowest BCUT2D eigenvalue weighted by Crippen LogP contribution is -2.44. The van der Waals surface area contributed by atoms with Gasteiger partial charge in [0.05, 0.1) is 17.9 Å². The predicted octanol–water partition coefficient (Wildman–Crippen LogP) is 3.54. The molecule has 0 radical (unpaired) electrons. The van der Waals surface area contributed by atoms with Crippen LogP contribution in [0.4, 0.5) is 5.69 Å². The smallest absolute Gasteiger partial charge is 0.340 e. The Bertz CT molecular complexity index is 537.